The second-order valence-electron chi connectivity index (χ2n) is 7.50. The van der Waals surface area contributed by atoms with E-state index in [-0.39, 0.29) is 23.6 Å². The van der Waals surface area contributed by atoms with E-state index in [0.29, 0.717) is 23.4 Å². The molecule has 1 fully saturated rings. The van der Waals surface area contributed by atoms with Gasteiger partial charge in [0.15, 0.2) is 0 Å². The summed E-state index contributed by atoms with van der Waals surface area (Å²) in [5.41, 5.74) is 1.78. The Morgan fingerprint density at radius 3 is 2.17 bits per heavy atom. The second-order valence-corrected chi connectivity index (χ2v) is 8.67. The van der Waals surface area contributed by atoms with Crippen LogP contribution in [-0.4, -0.2) is 34.9 Å². The van der Waals surface area contributed by atoms with Crippen molar-refractivity contribution in [2.24, 2.45) is 5.92 Å². The number of nitrogens with one attached hydrogen (secondary N) is 1. The molecule has 2 aliphatic rings. The van der Waals surface area contributed by atoms with Crippen molar-refractivity contribution < 1.29 is 14.4 Å². The molecular formula is C23H24N2O3S. The van der Waals surface area contributed by atoms with E-state index in [4.69, 9.17) is 0 Å². The van der Waals surface area contributed by atoms with Crippen LogP contribution in [0.4, 0.5) is 5.69 Å². The molecular weight excluding hydrogens is 384 g/mol. The third-order valence-electron chi connectivity index (χ3n) is 5.56. The lowest BCUT2D eigenvalue weighted by atomic mass is 9.88. The average Bonchev–Trinajstić information content (AvgIpc) is 3.00. The lowest BCUT2D eigenvalue weighted by molar-refractivity contribution is -0.120. The molecule has 1 heterocycles. The summed E-state index contributed by atoms with van der Waals surface area (Å²) in [5, 5.41) is 3.02. The summed E-state index contributed by atoms with van der Waals surface area (Å²) in [6, 6.07) is 14.7. The Balaban J connectivity index is 1.27. The molecule has 0 saturated heterocycles. The van der Waals surface area contributed by atoms with Gasteiger partial charge < -0.3 is 5.32 Å². The Morgan fingerprint density at radius 2 is 1.55 bits per heavy atom. The predicted molar refractivity (Wildman–Crippen MR) is 114 cm³/mol. The third-order valence-corrected chi connectivity index (χ3v) is 6.55. The van der Waals surface area contributed by atoms with Gasteiger partial charge in [-0.3, -0.25) is 19.3 Å². The quantitative estimate of drug-likeness (QED) is 0.561. The van der Waals surface area contributed by atoms with Gasteiger partial charge in [-0.05, 0) is 49.2 Å². The molecule has 0 bridgehead atoms. The zero-order chi connectivity index (χ0) is 20.2. The fraction of sp³-hybridized carbons (Fsp3) is 0.348. The fourth-order valence-corrected chi connectivity index (χ4v) is 4.78. The van der Waals surface area contributed by atoms with Crippen LogP contribution in [0, 0.1) is 5.92 Å². The number of benzene rings is 2. The summed E-state index contributed by atoms with van der Waals surface area (Å²) < 4.78 is 0. The van der Waals surface area contributed by atoms with Crippen LogP contribution in [0.3, 0.4) is 0 Å². The molecule has 0 radical (unpaired) electrons. The number of carbonyl (C=O) groups excluding carboxylic acids is 3. The monoisotopic (exact) mass is 408 g/mol. The van der Waals surface area contributed by atoms with E-state index in [1.807, 2.05) is 24.3 Å². The first-order valence-electron chi connectivity index (χ1n) is 10.1. The maximum atomic E-state index is 12.4. The Labute approximate surface area is 174 Å². The van der Waals surface area contributed by atoms with Gasteiger partial charge in [0.2, 0.25) is 5.91 Å². The Hall–Kier alpha value is -2.60. The van der Waals surface area contributed by atoms with Crippen LogP contribution < -0.4 is 5.32 Å². The van der Waals surface area contributed by atoms with Crippen LogP contribution in [0.2, 0.25) is 0 Å². The summed E-state index contributed by atoms with van der Waals surface area (Å²) in [7, 11) is 0. The van der Waals surface area contributed by atoms with Gasteiger partial charge in [-0.15, -0.1) is 11.8 Å². The second kappa shape index (κ2) is 8.82. The predicted octanol–water partition coefficient (Wildman–Crippen LogP) is 4.59. The normalized spacial score (nSPS) is 16.8. The SMILES string of the molecule is O=C(Nc1ccc(SCCN2C(=O)c3ccccc3C2=O)cc1)C1CCCCC1. The van der Waals surface area contributed by atoms with Crippen molar-refractivity contribution >= 4 is 35.2 Å². The van der Waals surface area contributed by atoms with Crippen molar-refractivity contribution in [2.45, 2.75) is 37.0 Å². The molecule has 1 N–H and O–H groups in total. The van der Waals surface area contributed by atoms with E-state index in [1.165, 1.54) is 11.3 Å². The number of amides is 3. The van der Waals surface area contributed by atoms with Crippen LogP contribution in [0.1, 0.15) is 52.8 Å². The average molecular weight is 409 g/mol. The molecule has 4 rings (SSSR count). The molecule has 1 aliphatic carbocycles. The highest BCUT2D eigenvalue weighted by Crippen LogP contribution is 2.27. The van der Waals surface area contributed by atoms with Gasteiger partial charge in [-0.1, -0.05) is 31.4 Å². The molecule has 29 heavy (non-hydrogen) atoms. The van der Waals surface area contributed by atoms with Crippen molar-refractivity contribution in [1.82, 2.24) is 4.90 Å². The van der Waals surface area contributed by atoms with Gasteiger partial charge in [0.1, 0.15) is 0 Å². The molecule has 5 nitrogen and oxygen atoms in total. The summed E-state index contributed by atoms with van der Waals surface area (Å²) in [4.78, 5) is 39.5. The van der Waals surface area contributed by atoms with Crippen LogP contribution in [-0.2, 0) is 4.79 Å². The van der Waals surface area contributed by atoms with Crippen molar-refractivity contribution in [3.63, 3.8) is 0 Å². The number of hydrogen-bond acceptors (Lipinski definition) is 4. The number of rotatable bonds is 6. The molecule has 2 aromatic rings. The van der Waals surface area contributed by atoms with Crippen LogP contribution in [0.5, 0.6) is 0 Å². The molecule has 2 aromatic carbocycles. The molecule has 3 amide bonds. The van der Waals surface area contributed by atoms with E-state index in [1.54, 1.807) is 36.0 Å². The standard InChI is InChI=1S/C23H24N2O3S/c26-21(16-6-2-1-3-7-16)24-17-10-12-18(13-11-17)29-15-14-25-22(27)19-8-4-5-9-20(19)23(25)28/h4-5,8-13,16H,1-3,6-7,14-15H2,(H,24,26). The Morgan fingerprint density at radius 1 is 0.931 bits per heavy atom. The van der Waals surface area contributed by atoms with E-state index in [9.17, 15) is 14.4 Å². The first-order chi connectivity index (χ1) is 14.1. The Kier molecular flexibility index (Phi) is 6.00. The molecule has 0 atom stereocenters. The number of hydrogen-bond donors (Lipinski definition) is 1. The van der Waals surface area contributed by atoms with Crippen LogP contribution in [0.25, 0.3) is 0 Å². The lowest BCUT2D eigenvalue weighted by Crippen LogP contribution is -2.31. The van der Waals surface area contributed by atoms with E-state index >= 15 is 0 Å². The maximum Gasteiger partial charge on any atom is 0.261 e. The van der Waals surface area contributed by atoms with Crippen molar-refractivity contribution in [3.05, 3.63) is 59.7 Å². The smallest absolute Gasteiger partial charge is 0.261 e. The van der Waals surface area contributed by atoms with E-state index in [2.05, 4.69) is 5.32 Å². The summed E-state index contributed by atoms with van der Waals surface area (Å²) >= 11 is 1.59. The minimum absolute atomic E-state index is 0.121. The number of thioether (sulfide) groups is 1. The van der Waals surface area contributed by atoms with Gasteiger partial charge in [-0.2, -0.15) is 0 Å². The topological polar surface area (TPSA) is 66.5 Å². The highest BCUT2D eigenvalue weighted by molar-refractivity contribution is 7.99. The number of carbonyl (C=O) groups is 3. The minimum Gasteiger partial charge on any atom is -0.326 e. The number of nitrogens with zero attached hydrogens (tertiary/aromatic N) is 1. The Bertz CT molecular complexity index is 885. The largest absolute Gasteiger partial charge is 0.326 e. The highest BCUT2D eigenvalue weighted by atomic mass is 32.2. The first kappa shape index (κ1) is 19.7. The zero-order valence-electron chi connectivity index (χ0n) is 16.2. The van der Waals surface area contributed by atoms with Crippen LogP contribution >= 0.6 is 11.8 Å². The molecule has 0 unspecified atom stereocenters. The third kappa shape index (κ3) is 4.37. The summed E-state index contributed by atoms with van der Waals surface area (Å²) in [6.07, 6.45) is 5.48. The van der Waals surface area contributed by atoms with E-state index in [0.717, 1.165) is 36.3 Å². The van der Waals surface area contributed by atoms with Crippen molar-refractivity contribution in [3.8, 4) is 0 Å². The lowest BCUT2D eigenvalue weighted by Gasteiger charge is -2.20. The molecule has 6 heteroatoms. The molecule has 0 aromatic heterocycles. The van der Waals surface area contributed by atoms with Gasteiger partial charge in [0.25, 0.3) is 11.8 Å². The highest BCUT2D eigenvalue weighted by Gasteiger charge is 2.34. The number of imide groups is 1. The summed E-state index contributed by atoms with van der Waals surface area (Å²) in [6.45, 7) is 0.372. The van der Waals surface area contributed by atoms with Gasteiger partial charge in [-0.25, -0.2) is 0 Å². The van der Waals surface area contributed by atoms with Crippen LogP contribution in [0.15, 0.2) is 53.4 Å². The first-order valence-corrected chi connectivity index (χ1v) is 11.1. The molecule has 150 valence electrons. The minimum atomic E-state index is -0.216. The fourth-order valence-electron chi connectivity index (χ4n) is 3.94. The van der Waals surface area contributed by atoms with Gasteiger partial charge in [0.05, 0.1) is 11.1 Å². The zero-order valence-corrected chi connectivity index (χ0v) is 17.0. The van der Waals surface area contributed by atoms with Gasteiger partial charge >= 0.3 is 0 Å². The van der Waals surface area contributed by atoms with Gasteiger partial charge in [0, 0.05) is 28.8 Å². The number of anilines is 1. The molecule has 1 aliphatic heterocycles. The van der Waals surface area contributed by atoms with E-state index < -0.39 is 0 Å². The number of fused-ring (bicyclic) bond motifs is 1. The van der Waals surface area contributed by atoms with Crippen molar-refractivity contribution in [1.29, 1.82) is 0 Å². The molecule has 1 saturated carbocycles. The molecule has 0 spiro atoms. The maximum absolute atomic E-state index is 12.4. The van der Waals surface area contributed by atoms with Crippen molar-refractivity contribution in [2.75, 3.05) is 17.6 Å². The summed E-state index contributed by atoms with van der Waals surface area (Å²) in [5.74, 6) is 0.450.